The molecule has 2 N–H and O–H groups in total. The van der Waals surface area contributed by atoms with E-state index in [-0.39, 0.29) is 5.56 Å². The minimum atomic E-state index is 0.0815. The molecule has 3 rings (SSSR count). The van der Waals surface area contributed by atoms with Crippen LogP contribution in [0.15, 0.2) is 11.0 Å². The number of hydrogen-bond donors (Lipinski definition) is 2. The van der Waals surface area contributed by atoms with Gasteiger partial charge in [0.2, 0.25) is 0 Å². The molecule has 0 spiro atoms. The van der Waals surface area contributed by atoms with E-state index in [2.05, 4.69) is 15.3 Å². The van der Waals surface area contributed by atoms with Crippen molar-refractivity contribution in [3.05, 3.63) is 27.9 Å². The number of H-pyrrole nitrogens is 1. The molecule has 1 saturated carbocycles. The number of rotatable bonds is 2. The van der Waals surface area contributed by atoms with Crippen LogP contribution < -0.4 is 10.9 Å². The largest absolute Gasteiger partial charge is 0.316 e. The summed E-state index contributed by atoms with van der Waals surface area (Å²) in [6.45, 7) is 2.02. The summed E-state index contributed by atoms with van der Waals surface area (Å²) in [6, 6.07) is 0. The van der Waals surface area contributed by atoms with Crippen molar-refractivity contribution in [1.29, 1.82) is 0 Å². The van der Waals surface area contributed by atoms with E-state index in [1.54, 1.807) is 6.20 Å². The summed E-state index contributed by atoms with van der Waals surface area (Å²) in [5.41, 5.74) is 0.964. The monoisotopic (exact) mass is 219 g/mol. The molecule has 2 aliphatic rings. The van der Waals surface area contributed by atoms with Gasteiger partial charge in [0.25, 0.3) is 5.56 Å². The topological polar surface area (TPSA) is 57.8 Å². The SMILES string of the molecule is O=c1[nH]c(C2CCCNC2)ncc1C1CC1. The average molecular weight is 219 g/mol. The number of nitrogens with one attached hydrogen (secondary N) is 2. The second-order valence-corrected chi connectivity index (χ2v) is 4.87. The lowest BCUT2D eigenvalue weighted by Crippen LogP contribution is -2.30. The maximum atomic E-state index is 11.8. The Hall–Kier alpha value is -1.16. The first-order valence-electron chi connectivity index (χ1n) is 6.14. The molecular weight excluding hydrogens is 202 g/mol. The smallest absolute Gasteiger partial charge is 0.254 e. The maximum absolute atomic E-state index is 11.8. The van der Waals surface area contributed by atoms with Gasteiger partial charge in [-0.05, 0) is 38.1 Å². The van der Waals surface area contributed by atoms with Crippen LogP contribution in [0.3, 0.4) is 0 Å². The Morgan fingerprint density at radius 3 is 2.75 bits per heavy atom. The first kappa shape index (κ1) is 10.0. The van der Waals surface area contributed by atoms with Crippen LogP contribution in [0.25, 0.3) is 0 Å². The fraction of sp³-hybridized carbons (Fsp3) is 0.667. The number of aromatic nitrogens is 2. The van der Waals surface area contributed by atoms with Crippen molar-refractivity contribution in [3.8, 4) is 0 Å². The van der Waals surface area contributed by atoms with Crippen molar-refractivity contribution < 1.29 is 0 Å². The van der Waals surface area contributed by atoms with Gasteiger partial charge in [-0.1, -0.05) is 0 Å². The molecule has 0 radical (unpaired) electrons. The minimum absolute atomic E-state index is 0.0815. The van der Waals surface area contributed by atoms with E-state index >= 15 is 0 Å². The molecule has 1 atom stereocenters. The first-order valence-corrected chi connectivity index (χ1v) is 6.14. The summed E-state index contributed by atoms with van der Waals surface area (Å²) in [4.78, 5) is 19.2. The molecule has 2 heterocycles. The molecule has 86 valence electrons. The van der Waals surface area contributed by atoms with Gasteiger partial charge in [-0.15, -0.1) is 0 Å². The predicted octanol–water partition coefficient (Wildman–Crippen LogP) is 1.11. The zero-order valence-corrected chi connectivity index (χ0v) is 9.33. The third-order valence-corrected chi connectivity index (χ3v) is 3.55. The third kappa shape index (κ3) is 1.89. The summed E-state index contributed by atoms with van der Waals surface area (Å²) in [6.07, 6.45) is 6.38. The van der Waals surface area contributed by atoms with E-state index in [0.29, 0.717) is 11.8 Å². The maximum Gasteiger partial charge on any atom is 0.254 e. The molecule has 1 aliphatic heterocycles. The Kier molecular flexibility index (Phi) is 2.52. The number of piperidine rings is 1. The van der Waals surface area contributed by atoms with Gasteiger partial charge in [-0.3, -0.25) is 4.79 Å². The van der Waals surface area contributed by atoms with E-state index in [0.717, 1.165) is 43.7 Å². The van der Waals surface area contributed by atoms with Crippen molar-refractivity contribution in [2.45, 2.75) is 37.5 Å². The van der Waals surface area contributed by atoms with E-state index in [1.165, 1.54) is 6.42 Å². The second-order valence-electron chi connectivity index (χ2n) is 4.87. The highest BCUT2D eigenvalue weighted by Crippen LogP contribution is 2.37. The average Bonchev–Trinajstić information content (AvgIpc) is 3.14. The van der Waals surface area contributed by atoms with Crippen LogP contribution in [0.1, 0.15) is 48.9 Å². The molecule has 1 aromatic rings. The van der Waals surface area contributed by atoms with Crippen LogP contribution in [0.2, 0.25) is 0 Å². The van der Waals surface area contributed by atoms with Crippen molar-refractivity contribution in [1.82, 2.24) is 15.3 Å². The normalized spacial score (nSPS) is 25.6. The van der Waals surface area contributed by atoms with E-state index in [9.17, 15) is 4.79 Å². The van der Waals surface area contributed by atoms with Crippen LogP contribution >= 0.6 is 0 Å². The third-order valence-electron chi connectivity index (χ3n) is 3.55. The molecule has 16 heavy (non-hydrogen) atoms. The Morgan fingerprint density at radius 1 is 1.25 bits per heavy atom. The van der Waals surface area contributed by atoms with Crippen LogP contribution in [0.5, 0.6) is 0 Å². The highest BCUT2D eigenvalue weighted by molar-refractivity contribution is 5.18. The zero-order valence-electron chi connectivity index (χ0n) is 9.33. The van der Waals surface area contributed by atoms with Gasteiger partial charge >= 0.3 is 0 Å². The van der Waals surface area contributed by atoms with E-state index in [1.807, 2.05) is 0 Å². The van der Waals surface area contributed by atoms with Gasteiger partial charge in [0.05, 0.1) is 0 Å². The highest BCUT2D eigenvalue weighted by atomic mass is 16.1. The first-order chi connectivity index (χ1) is 7.84. The molecule has 0 aromatic carbocycles. The Bertz CT molecular complexity index is 430. The Labute approximate surface area is 94.5 Å². The fourth-order valence-electron chi connectivity index (χ4n) is 2.40. The molecular formula is C12H17N3O. The number of hydrogen-bond acceptors (Lipinski definition) is 3. The summed E-state index contributed by atoms with van der Waals surface area (Å²) in [5, 5.41) is 3.34. The molecule has 1 unspecified atom stereocenters. The minimum Gasteiger partial charge on any atom is -0.316 e. The zero-order chi connectivity index (χ0) is 11.0. The molecule has 4 heteroatoms. The summed E-state index contributed by atoms with van der Waals surface area (Å²) in [5.74, 6) is 1.73. The van der Waals surface area contributed by atoms with Crippen molar-refractivity contribution in [3.63, 3.8) is 0 Å². The number of nitrogens with zero attached hydrogens (tertiary/aromatic N) is 1. The van der Waals surface area contributed by atoms with Crippen molar-refractivity contribution in [2.75, 3.05) is 13.1 Å². The lowest BCUT2D eigenvalue weighted by atomic mass is 9.99. The molecule has 0 bridgehead atoms. The Balaban J connectivity index is 1.84. The standard InChI is InChI=1S/C12H17N3O/c16-12-10(8-3-4-8)7-14-11(15-12)9-2-1-5-13-6-9/h7-9,13H,1-6H2,(H,14,15,16). The molecule has 2 fully saturated rings. The lowest BCUT2D eigenvalue weighted by Gasteiger charge is -2.21. The Morgan fingerprint density at radius 2 is 2.12 bits per heavy atom. The second kappa shape index (κ2) is 4.01. The molecule has 1 aliphatic carbocycles. The van der Waals surface area contributed by atoms with Gasteiger partial charge in [-0.25, -0.2) is 4.98 Å². The summed E-state index contributed by atoms with van der Waals surface area (Å²) < 4.78 is 0. The molecule has 1 aromatic heterocycles. The van der Waals surface area contributed by atoms with Gasteiger partial charge < -0.3 is 10.3 Å². The van der Waals surface area contributed by atoms with Crippen LogP contribution in [-0.2, 0) is 0 Å². The van der Waals surface area contributed by atoms with Crippen molar-refractivity contribution in [2.24, 2.45) is 0 Å². The highest BCUT2D eigenvalue weighted by Gasteiger charge is 2.27. The van der Waals surface area contributed by atoms with Crippen LogP contribution in [0, 0.1) is 0 Å². The molecule has 0 amide bonds. The van der Waals surface area contributed by atoms with E-state index in [4.69, 9.17) is 0 Å². The lowest BCUT2D eigenvalue weighted by molar-refractivity contribution is 0.445. The number of aromatic amines is 1. The van der Waals surface area contributed by atoms with E-state index < -0.39 is 0 Å². The van der Waals surface area contributed by atoms with Crippen LogP contribution in [-0.4, -0.2) is 23.1 Å². The van der Waals surface area contributed by atoms with Gasteiger partial charge in [0, 0.05) is 24.2 Å². The summed E-state index contributed by atoms with van der Waals surface area (Å²) >= 11 is 0. The molecule has 4 nitrogen and oxygen atoms in total. The van der Waals surface area contributed by atoms with Gasteiger partial charge in [0.15, 0.2) is 0 Å². The van der Waals surface area contributed by atoms with Crippen LogP contribution in [0.4, 0.5) is 0 Å². The van der Waals surface area contributed by atoms with Crippen molar-refractivity contribution >= 4 is 0 Å². The summed E-state index contributed by atoms with van der Waals surface area (Å²) in [7, 11) is 0. The predicted molar refractivity (Wildman–Crippen MR) is 61.7 cm³/mol. The molecule has 1 saturated heterocycles. The fourth-order valence-corrected chi connectivity index (χ4v) is 2.40. The van der Waals surface area contributed by atoms with Gasteiger partial charge in [0.1, 0.15) is 5.82 Å². The quantitative estimate of drug-likeness (QED) is 0.783. The van der Waals surface area contributed by atoms with Gasteiger partial charge in [-0.2, -0.15) is 0 Å².